The van der Waals surface area contributed by atoms with Gasteiger partial charge >= 0.3 is 6.18 Å². The topological polar surface area (TPSA) is 60.9 Å². The number of aryl methyl sites for hydroxylation is 1. The Labute approximate surface area is 176 Å². The number of benzene rings is 1. The maximum atomic E-state index is 12.6. The fourth-order valence-corrected chi connectivity index (χ4v) is 5.04. The summed E-state index contributed by atoms with van der Waals surface area (Å²) in [6.07, 6.45) is -3.03. The standard InChI is InChI=1S/C20H30F3N3O3S/c1-3-26(4-2)30(28,29)18-9-6-17(7-10-18)8-11-19(27)25-13-5-12-24(14-15-25)16-20(21,22)23/h6-7,9-10H,3-5,8,11-16H2,1-2H3. The minimum atomic E-state index is -4.23. The number of carbonyl (C=O) groups is 1. The summed E-state index contributed by atoms with van der Waals surface area (Å²) in [5.41, 5.74) is 0.843. The van der Waals surface area contributed by atoms with Crippen LogP contribution in [0.2, 0.25) is 0 Å². The SMILES string of the molecule is CCN(CC)S(=O)(=O)c1ccc(CCC(=O)N2CCCN(CC(F)(F)F)CC2)cc1. The van der Waals surface area contributed by atoms with E-state index < -0.39 is 22.7 Å². The van der Waals surface area contributed by atoms with E-state index in [1.807, 2.05) is 0 Å². The predicted octanol–water partition coefficient (Wildman–Crippen LogP) is 2.75. The summed E-state index contributed by atoms with van der Waals surface area (Å²) < 4.78 is 64.1. The van der Waals surface area contributed by atoms with Crippen LogP contribution in [0.25, 0.3) is 0 Å². The highest BCUT2D eigenvalue weighted by atomic mass is 32.2. The summed E-state index contributed by atoms with van der Waals surface area (Å²) in [6.45, 7) is 4.69. The van der Waals surface area contributed by atoms with Crippen LogP contribution in [0.1, 0.15) is 32.3 Å². The van der Waals surface area contributed by atoms with Crippen molar-refractivity contribution in [2.45, 2.75) is 44.2 Å². The molecule has 1 fully saturated rings. The lowest BCUT2D eigenvalue weighted by molar-refractivity contribution is -0.145. The Balaban J connectivity index is 1.89. The van der Waals surface area contributed by atoms with Gasteiger partial charge in [-0.15, -0.1) is 0 Å². The molecule has 1 aromatic carbocycles. The minimum absolute atomic E-state index is 0.0938. The van der Waals surface area contributed by atoms with Crippen molar-refractivity contribution < 1.29 is 26.4 Å². The third-order valence-corrected chi connectivity index (χ3v) is 7.30. The lowest BCUT2D eigenvalue weighted by Gasteiger charge is -2.23. The molecule has 0 radical (unpaired) electrons. The van der Waals surface area contributed by atoms with Crippen LogP contribution >= 0.6 is 0 Å². The van der Waals surface area contributed by atoms with Crippen LogP contribution in [-0.4, -0.2) is 80.4 Å². The summed E-state index contributed by atoms with van der Waals surface area (Å²) in [5, 5.41) is 0. The second kappa shape index (κ2) is 10.6. The Morgan fingerprint density at radius 2 is 1.67 bits per heavy atom. The van der Waals surface area contributed by atoms with E-state index in [1.165, 1.54) is 9.21 Å². The zero-order valence-electron chi connectivity index (χ0n) is 17.5. The van der Waals surface area contributed by atoms with E-state index in [0.717, 1.165) is 5.56 Å². The van der Waals surface area contributed by atoms with Gasteiger partial charge in [-0.3, -0.25) is 9.69 Å². The molecule has 1 aliphatic heterocycles. The molecular formula is C20H30F3N3O3S. The Morgan fingerprint density at radius 1 is 1.03 bits per heavy atom. The first-order valence-electron chi connectivity index (χ1n) is 10.2. The summed E-state index contributed by atoms with van der Waals surface area (Å²) in [7, 11) is -3.52. The average Bonchev–Trinajstić information content (AvgIpc) is 2.91. The molecule has 0 N–H and O–H groups in total. The van der Waals surface area contributed by atoms with E-state index in [2.05, 4.69) is 0 Å². The van der Waals surface area contributed by atoms with Gasteiger partial charge in [0.25, 0.3) is 0 Å². The van der Waals surface area contributed by atoms with Crippen molar-refractivity contribution in [3.05, 3.63) is 29.8 Å². The van der Waals surface area contributed by atoms with Crippen molar-refractivity contribution in [2.75, 3.05) is 45.8 Å². The first-order chi connectivity index (χ1) is 14.1. The molecule has 0 aromatic heterocycles. The molecule has 1 heterocycles. The van der Waals surface area contributed by atoms with Gasteiger partial charge < -0.3 is 4.90 Å². The molecule has 30 heavy (non-hydrogen) atoms. The Hall–Kier alpha value is -1.65. The number of alkyl halides is 3. The van der Waals surface area contributed by atoms with Crippen LogP contribution < -0.4 is 0 Å². The molecule has 170 valence electrons. The van der Waals surface area contributed by atoms with Crippen LogP contribution in [0.3, 0.4) is 0 Å². The lowest BCUT2D eigenvalue weighted by atomic mass is 10.1. The zero-order chi connectivity index (χ0) is 22.4. The number of sulfonamides is 1. The third kappa shape index (κ3) is 6.95. The molecule has 1 aliphatic rings. The molecule has 0 unspecified atom stereocenters. The van der Waals surface area contributed by atoms with Crippen LogP contribution in [0.15, 0.2) is 29.2 Å². The molecule has 0 bridgehead atoms. The van der Waals surface area contributed by atoms with Crippen LogP contribution in [-0.2, 0) is 21.2 Å². The first-order valence-corrected chi connectivity index (χ1v) is 11.7. The summed E-state index contributed by atoms with van der Waals surface area (Å²) in [6, 6.07) is 6.51. The van der Waals surface area contributed by atoms with Gasteiger partial charge in [0.2, 0.25) is 15.9 Å². The summed E-state index contributed by atoms with van der Waals surface area (Å²) >= 11 is 0. The highest BCUT2D eigenvalue weighted by Gasteiger charge is 2.31. The fourth-order valence-electron chi connectivity index (χ4n) is 3.58. The molecule has 1 saturated heterocycles. The first kappa shape index (κ1) is 24.6. The van der Waals surface area contributed by atoms with Gasteiger partial charge in [0.1, 0.15) is 0 Å². The Morgan fingerprint density at radius 3 is 2.23 bits per heavy atom. The summed E-state index contributed by atoms with van der Waals surface area (Å²) in [4.78, 5) is 15.7. The van der Waals surface area contributed by atoms with Gasteiger partial charge in [-0.2, -0.15) is 17.5 Å². The van der Waals surface area contributed by atoms with E-state index >= 15 is 0 Å². The number of amides is 1. The van der Waals surface area contributed by atoms with Crippen molar-refractivity contribution in [1.29, 1.82) is 0 Å². The fraction of sp³-hybridized carbons (Fsp3) is 0.650. The van der Waals surface area contributed by atoms with E-state index in [0.29, 0.717) is 39.0 Å². The van der Waals surface area contributed by atoms with Crippen molar-refractivity contribution in [1.82, 2.24) is 14.1 Å². The van der Waals surface area contributed by atoms with Gasteiger partial charge in [-0.05, 0) is 30.5 Å². The molecule has 1 aromatic rings. The molecule has 0 aliphatic carbocycles. The normalized spacial score (nSPS) is 16.7. The van der Waals surface area contributed by atoms with Crippen LogP contribution in [0.4, 0.5) is 13.2 Å². The van der Waals surface area contributed by atoms with Crippen LogP contribution in [0.5, 0.6) is 0 Å². The molecule has 10 heteroatoms. The molecule has 0 saturated carbocycles. The van der Waals surface area contributed by atoms with Crippen molar-refractivity contribution in [3.8, 4) is 0 Å². The van der Waals surface area contributed by atoms with Gasteiger partial charge in [-0.1, -0.05) is 26.0 Å². The van der Waals surface area contributed by atoms with Crippen molar-refractivity contribution in [3.63, 3.8) is 0 Å². The Kier molecular flexibility index (Phi) is 8.69. The third-order valence-electron chi connectivity index (χ3n) is 5.24. The number of carbonyl (C=O) groups excluding carboxylic acids is 1. The Bertz CT molecular complexity index is 794. The molecule has 0 atom stereocenters. The smallest absolute Gasteiger partial charge is 0.341 e. The molecule has 0 spiro atoms. The highest BCUT2D eigenvalue weighted by Crippen LogP contribution is 2.19. The predicted molar refractivity (Wildman–Crippen MR) is 109 cm³/mol. The zero-order valence-corrected chi connectivity index (χ0v) is 18.3. The maximum Gasteiger partial charge on any atom is 0.401 e. The van der Waals surface area contributed by atoms with E-state index in [-0.39, 0.29) is 30.3 Å². The number of hydrogen-bond donors (Lipinski definition) is 0. The minimum Gasteiger partial charge on any atom is -0.341 e. The van der Waals surface area contributed by atoms with E-state index in [1.54, 1.807) is 43.0 Å². The number of hydrogen-bond acceptors (Lipinski definition) is 4. The molecule has 6 nitrogen and oxygen atoms in total. The number of halogens is 3. The quantitative estimate of drug-likeness (QED) is 0.612. The molecular weight excluding hydrogens is 419 g/mol. The summed E-state index contributed by atoms with van der Waals surface area (Å²) in [5.74, 6) is -0.0938. The van der Waals surface area contributed by atoms with Crippen molar-refractivity contribution in [2.24, 2.45) is 0 Å². The largest absolute Gasteiger partial charge is 0.401 e. The maximum absolute atomic E-state index is 12.6. The number of nitrogens with zero attached hydrogens (tertiary/aromatic N) is 3. The van der Waals surface area contributed by atoms with Gasteiger partial charge in [0.05, 0.1) is 11.4 Å². The van der Waals surface area contributed by atoms with Gasteiger partial charge in [0, 0.05) is 45.7 Å². The average molecular weight is 450 g/mol. The molecule has 1 amide bonds. The van der Waals surface area contributed by atoms with Crippen molar-refractivity contribution >= 4 is 15.9 Å². The monoisotopic (exact) mass is 449 g/mol. The molecule has 2 rings (SSSR count). The highest BCUT2D eigenvalue weighted by molar-refractivity contribution is 7.89. The van der Waals surface area contributed by atoms with E-state index in [9.17, 15) is 26.4 Å². The second-order valence-electron chi connectivity index (χ2n) is 7.36. The second-order valence-corrected chi connectivity index (χ2v) is 9.30. The van der Waals surface area contributed by atoms with Gasteiger partial charge in [0.15, 0.2) is 0 Å². The lowest BCUT2D eigenvalue weighted by Crippen LogP contribution is -2.38. The van der Waals surface area contributed by atoms with E-state index in [4.69, 9.17) is 0 Å². The van der Waals surface area contributed by atoms with Gasteiger partial charge in [-0.25, -0.2) is 8.42 Å². The number of rotatable bonds is 8. The van der Waals surface area contributed by atoms with Crippen LogP contribution in [0, 0.1) is 0 Å².